The molecule has 0 bridgehead atoms. The number of carboxylic acid groups (broad SMARTS) is 1. The van der Waals surface area contributed by atoms with Gasteiger partial charge >= 0.3 is 12.1 Å². The summed E-state index contributed by atoms with van der Waals surface area (Å²) in [6.07, 6.45) is -2.18. The number of hydrogen-bond acceptors (Lipinski definition) is 2. The SMILES string of the molecule is O=C(O)C=Cc1ncc(C(F)(F)F)cc1Cl. The van der Waals surface area contributed by atoms with Crippen LogP contribution in [-0.4, -0.2) is 16.1 Å². The molecule has 3 nitrogen and oxygen atoms in total. The lowest BCUT2D eigenvalue weighted by Crippen LogP contribution is -2.05. The van der Waals surface area contributed by atoms with Crippen molar-refractivity contribution in [1.29, 1.82) is 0 Å². The molecule has 16 heavy (non-hydrogen) atoms. The van der Waals surface area contributed by atoms with E-state index in [1.54, 1.807) is 0 Å². The topological polar surface area (TPSA) is 50.2 Å². The van der Waals surface area contributed by atoms with Crippen LogP contribution in [-0.2, 0) is 11.0 Å². The minimum atomic E-state index is -4.52. The summed E-state index contributed by atoms with van der Waals surface area (Å²) in [6.45, 7) is 0. The van der Waals surface area contributed by atoms with E-state index in [1.807, 2.05) is 0 Å². The van der Waals surface area contributed by atoms with Gasteiger partial charge in [0.25, 0.3) is 0 Å². The van der Waals surface area contributed by atoms with Crippen LogP contribution in [0.5, 0.6) is 0 Å². The van der Waals surface area contributed by atoms with Crippen molar-refractivity contribution in [3.05, 3.63) is 34.6 Å². The standard InChI is InChI=1S/C9H5ClF3NO2/c10-6-3-5(9(11,12)13)4-14-7(6)1-2-8(15)16/h1-4H,(H,15,16). The molecule has 86 valence electrons. The van der Waals surface area contributed by atoms with Gasteiger partial charge in [-0.25, -0.2) is 4.79 Å². The van der Waals surface area contributed by atoms with Crippen molar-refractivity contribution >= 4 is 23.6 Å². The van der Waals surface area contributed by atoms with Crippen LogP contribution in [0, 0.1) is 0 Å². The van der Waals surface area contributed by atoms with E-state index >= 15 is 0 Å². The Morgan fingerprint density at radius 3 is 2.56 bits per heavy atom. The predicted octanol–water partition coefficient (Wildman–Crippen LogP) is 2.85. The summed E-state index contributed by atoms with van der Waals surface area (Å²) in [5.74, 6) is -1.24. The third-order valence-corrected chi connectivity index (χ3v) is 1.88. The third kappa shape index (κ3) is 3.23. The second-order valence-electron chi connectivity index (χ2n) is 2.76. The van der Waals surface area contributed by atoms with Crippen molar-refractivity contribution in [2.75, 3.05) is 0 Å². The highest BCUT2D eigenvalue weighted by atomic mass is 35.5. The summed E-state index contributed by atoms with van der Waals surface area (Å²) in [4.78, 5) is 13.6. The predicted molar refractivity (Wildman–Crippen MR) is 50.9 cm³/mol. The Bertz CT molecular complexity index is 443. The van der Waals surface area contributed by atoms with E-state index in [0.29, 0.717) is 12.3 Å². The van der Waals surface area contributed by atoms with Gasteiger partial charge in [-0.15, -0.1) is 0 Å². The molecule has 0 unspecified atom stereocenters. The van der Waals surface area contributed by atoms with Gasteiger partial charge in [0.1, 0.15) is 0 Å². The lowest BCUT2D eigenvalue weighted by atomic mass is 10.2. The Kier molecular flexibility index (Phi) is 3.54. The minimum Gasteiger partial charge on any atom is -0.478 e. The monoisotopic (exact) mass is 251 g/mol. The Morgan fingerprint density at radius 1 is 1.50 bits per heavy atom. The molecule has 0 aromatic carbocycles. The average Bonchev–Trinajstić information content (AvgIpc) is 2.14. The highest BCUT2D eigenvalue weighted by molar-refractivity contribution is 6.32. The fourth-order valence-corrected chi connectivity index (χ4v) is 1.11. The van der Waals surface area contributed by atoms with Gasteiger partial charge < -0.3 is 5.11 Å². The van der Waals surface area contributed by atoms with E-state index in [1.165, 1.54) is 0 Å². The maximum atomic E-state index is 12.2. The zero-order valence-electron chi connectivity index (χ0n) is 7.62. The zero-order chi connectivity index (χ0) is 12.3. The molecule has 0 aliphatic carbocycles. The first-order valence-electron chi connectivity index (χ1n) is 3.94. The van der Waals surface area contributed by atoms with Gasteiger partial charge in [-0.2, -0.15) is 13.2 Å². The van der Waals surface area contributed by atoms with Gasteiger partial charge in [0.2, 0.25) is 0 Å². The molecule has 0 aliphatic heterocycles. The second kappa shape index (κ2) is 4.52. The van der Waals surface area contributed by atoms with Gasteiger partial charge in [0, 0.05) is 12.3 Å². The number of alkyl halides is 3. The quantitative estimate of drug-likeness (QED) is 0.822. The van der Waals surface area contributed by atoms with Gasteiger partial charge in [-0.1, -0.05) is 11.6 Å². The zero-order valence-corrected chi connectivity index (χ0v) is 8.38. The van der Waals surface area contributed by atoms with Crippen LogP contribution < -0.4 is 0 Å². The van der Waals surface area contributed by atoms with Crippen molar-refractivity contribution in [3.63, 3.8) is 0 Å². The Morgan fingerprint density at radius 2 is 2.12 bits per heavy atom. The number of pyridine rings is 1. The Labute approximate surface area is 93.2 Å². The summed E-state index contributed by atoms with van der Waals surface area (Å²) in [6, 6.07) is 0.691. The maximum absolute atomic E-state index is 12.2. The number of aromatic nitrogens is 1. The molecule has 0 saturated carbocycles. The molecule has 1 heterocycles. The maximum Gasteiger partial charge on any atom is 0.417 e. The van der Waals surface area contributed by atoms with Crippen LogP contribution in [0.3, 0.4) is 0 Å². The highest BCUT2D eigenvalue weighted by Crippen LogP contribution is 2.31. The van der Waals surface area contributed by atoms with Crippen LogP contribution in [0.15, 0.2) is 18.3 Å². The fraction of sp³-hybridized carbons (Fsp3) is 0.111. The van der Waals surface area contributed by atoms with E-state index in [0.717, 1.165) is 12.2 Å². The number of halogens is 4. The van der Waals surface area contributed by atoms with E-state index < -0.39 is 17.7 Å². The van der Waals surface area contributed by atoms with Crippen LogP contribution in [0.1, 0.15) is 11.3 Å². The highest BCUT2D eigenvalue weighted by Gasteiger charge is 2.31. The van der Waals surface area contributed by atoms with E-state index in [9.17, 15) is 18.0 Å². The average molecular weight is 252 g/mol. The van der Waals surface area contributed by atoms with Crippen LogP contribution in [0.2, 0.25) is 5.02 Å². The molecule has 0 amide bonds. The first-order valence-corrected chi connectivity index (χ1v) is 4.32. The van der Waals surface area contributed by atoms with Crippen molar-refractivity contribution in [1.82, 2.24) is 4.98 Å². The van der Waals surface area contributed by atoms with Gasteiger partial charge in [-0.05, 0) is 12.1 Å². The molecule has 1 N–H and O–H groups in total. The van der Waals surface area contributed by atoms with Crippen LogP contribution in [0.25, 0.3) is 6.08 Å². The smallest absolute Gasteiger partial charge is 0.417 e. The van der Waals surface area contributed by atoms with Gasteiger partial charge in [0.05, 0.1) is 16.3 Å². The first-order chi connectivity index (χ1) is 7.30. The van der Waals surface area contributed by atoms with Crippen molar-refractivity contribution in [2.45, 2.75) is 6.18 Å². The number of rotatable bonds is 2. The molecule has 0 radical (unpaired) electrons. The van der Waals surface area contributed by atoms with Gasteiger partial charge in [-0.3, -0.25) is 4.98 Å². The second-order valence-corrected chi connectivity index (χ2v) is 3.17. The number of carbonyl (C=O) groups is 1. The minimum absolute atomic E-state index is 0.0305. The largest absolute Gasteiger partial charge is 0.478 e. The fourth-order valence-electron chi connectivity index (χ4n) is 0.876. The number of carboxylic acids is 1. The Hall–Kier alpha value is -1.56. The Balaban J connectivity index is 3.05. The molecule has 0 atom stereocenters. The molecule has 0 aliphatic rings. The summed E-state index contributed by atoms with van der Waals surface area (Å²) < 4.78 is 36.6. The van der Waals surface area contributed by atoms with Crippen molar-refractivity contribution < 1.29 is 23.1 Å². The molecule has 7 heteroatoms. The van der Waals surface area contributed by atoms with Gasteiger partial charge in [0.15, 0.2) is 0 Å². The third-order valence-electron chi connectivity index (χ3n) is 1.58. The summed E-state index contributed by atoms with van der Waals surface area (Å²) >= 11 is 5.51. The number of hydrogen-bond donors (Lipinski definition) is 1. The molecule has 1 rings (SSSR count). The van der Waals surface area contributed by atoms with E-state index in [-0.39, 0.29) is 10.7 Å². The number of aliphatic carboxylic acids is 1. The van der Waals surface area contributed by atoms with Crippen molar-refractivity contribution in [3.8, 4) is 0 Å². The molecule has 0 saturated heterocycles. The lowest BCUT2D eigenvalue weighted by Gasteiger charge is -2.06. The molecule has 1 aromatic rings. The number of nitrogens with zero attached hydrogens (tertiary/aromatic N) is 1. The summed E-state index contributed by atoms with van der Waals surface area (Å²) in [7, 11) is 0. The molecule has 1 aromatic heterocycles. The molecular formula is C9H5ClF3NO2. The van der Waals surface area contributed by atoms with Crippen LogP contribution >= 0.6 is 11.6 Å². The van der Waals surface area contributed by atoms with E-state index in [4.69, 9.17) is 16.7 Å². The first kappa shape index (κ1) is 12.5. The molecular weight excluding hydrogens is 247 g/mol. The normalized spacial score (nSPS) is 12.0. The molecule has 0 spiro atoms. The van der Waals surface area contributed by atoms with Crippen LogP contribution in [0.4, 0.5) is 13.2 Å². The van der Waals surface area contributed by atoms with Crippen molar-refractivity contribution in [2.24, 2.45) is 0 Å². The lowest BCUT2D eigenvalue weighted by molar-refractivity contribution is -0.138. The van der Waals surface area contributed by atoms with E-state index in [2.05, 4.69) is 4.98 Å². The summed E-state index contributed by atoms with van der Waals surface area (Å²) in [5, 5.41) is 8.05. The summed E-state index contributed by atoms with van der Waals surface area (Å²) in [5.41, 5.74) is -1.01. The molecule has 0 fully saturated rings.